The molecular weight excluding hydrogens is 340 g/mol. The van der Waals surface area contributed by atoms with Crippen molar-refractivity contribution in [2.24, 2.45) is 0 Å². The molecule has 1 aromatic heterocycles. The van der Waals surface area contributed by atoms with Crippen LogP contribution in [0.4, 0.5) is 0 Å². The van der Waals surface area contributed by atoms with Gasteiger partial charge in [0, 0.05) is 0 Å². The van der Waals surface area contributed by atoms with Crippen molar-refractivity contribution in [2.45, 2.75) is 76.4 Å². The Morgan fingerprint density at radius 2 is 1.62 bits per heavy atom. The highest BCUT2D eigenvalue weighted by molar-refractivity contribution is 8.01. The number of Topliss-reactive ketones (excluding diaryl/α,β-unsaturated/α-hetero) is 1. The predicted octanol–water partition coefficient (Wildman–Crippen LogP) is 6.04. The first-order valence-corrected chi connectivity index (χ1v) is 11.0. The number of hydrogen-bond donors (Lipinski definition) is 1. The second-order valence-electron chi connectivity index (χ2n) is 6.11. The molecule has 5 heteroatoms. The fourth-order valence-corrected chi connectivity index (χ4v) is 4.39. The number of carbonyl (C=O) groups is 2. The topological polar surface area (TPSA) is 54.4 Å². The number of thiophene rings is 1. The maximum Gasteiger partial charge on any atom is 0.324 e. The van der Waals surface area contributed by atoms with Crippen molar-refractivity contribution in [1.29, 1.82) is 0 Å². The molecule has 0 aliphatic carbocycles. The summed E-state index contributed by atoms with van der Waals surface area (Å²) in [4.78, 5) is 24.0. The minimum atomic E-state index is -1.02. The summed E-state index contributed by atoms with van der Waals surface area (Å²) in [5, 5.41) is 10.1. The summed E-state index contributed by atoms with van der Waals surface area (Å²) < 4.78 is 0. The summed E-state index contributed by atoms with van der Waals surface area (Å²) in [7, 11) is 0. The number of carbonyl (C=O) groups excluding carboxylic acids is 1. The Balaban J connectivity index is 2.08. The van der Waals surface area contributed by atoms with Gasteiger partial charge in [-0.3, -0.25) is 9.59 Å². The Morgan fingerprint density at radius 3 is 2.12 bits per heavy atom. The maximum absolute atomic E-state index is 12.2. The van der Waals surface area contributed by atoms with Gasteiger partial charge in [-0.15, -0.1) is 23.1 Å². The third-order valence-electron chi connectivity index (χ3n) is 4.01. The highest BCUT2D eigenvalue weighted by Gasteiger charge is 2.28. The average molecular weight is 371 g/mol. The zero-order valence-corrected chi connectivity index (χ0v) is 16.3. The van der Waals surface area contributed by atoms with Gasteiger partial charge < -0.3 is 5.11 Å². The fourth-order valence-electron chi connectivity index (χ4n) is 2.60. The summed E-state index contributed by atoms with van der Waals surface area (Å²) in [6.07, 6.45) is 12.6. The molecule has 0 radical (unpaired) electrons. The molecule has 0 aromatic carbocycles. The van der Waals surface area contributed by atoms with Crippen LogP contribution >= 0.6 is 23.1 Å². The largest absolute Gasteiger partial charge is 0.480 e. The summed E-state index contributed by atoms with van der Waals surface area (Å²) >= 11 is 2.58. The molecule has 1 heterocycles. The molecule has 3 nitrogen and oxygen atoms in total. The Morgan fingerprint density at radius 1 is 1.04 bits per heavy atom. The van der Waals surface area contributed by atoms with Gasteiger partial charge in [0.1, 0.15) is 0 Å². The minimum absolute atomic E-state index is 0.269. The van der Waals surface area contributed by atoms with Crippen molar-refractivity contribution in [3.63, 3.8) is 0 Å². The lowest BCUT2D eigenvalue weighted by molar-refractivity contribution is -0.135. The number of ketones is 1. The first kappa shape index (κ1) is 21.2. The molecule has 1 atom stereocenters. The summed E-state index contributed by atoms with van der Waals surface area (Å²) in [5.41, 5.74) is 0. The van der Waals surface area contributed by atoms with Crippen molar-refractivity contribution < 1.29 is 14.7 Å². The highest BCUT2D eigenvalue weighted by Crippen LogP contribution is 2.22. The lowest BCUT2D eigenvalue weighted by Crippen LogP contribution is -2.26. The monoisotopic (exact) mass is 370 g/mol. The number of rotatable bonds is 15. The van der Waals surface area contributed by atoms with Gasteiger partial charge in [0.05, 0.1) is 4.88 Å². The molecule has 136 valence electrons. The van der Waals surface area contributed by atoms with E-state index in [1.807, 2.05) is 0 Å². The Kier molecular flexibility index (Phi) is 11.9. The van der Waals surface area contributed by atoms with Gasteiger partial charge >= 0.3 is 5.97 Å². The summed E-state index contributed by atoms with van der Waals surface area (Å²) in [6, 6.07) is 3.48. The van der Waals surface area contributed by atoms with Crippen LogP contribution in [0.15, 0.2) is 17.5 Å². The lowest BCUT2D eigenvalue weighted by Gasteiger charge is -2.10. The molecule has 0 saturated carbocycles. The van der Waals surface area contributed by atoms with E-state index in [2.05, 4.69) is 6.92 Å². The molecular formula is C19H30O3S2. The molecule has 1 N–H and O–H groups in total. The van der Waals surface area contributed by atoms with Gasteiger partial charge in [-0.05, 0) is 23.6 Å². The number of aliphatic carboxylic acids is 1. The van der Waals surface area contributed by atoms with Gasteiger partial charge in [0.15, 0.2) is 11.0 Å². The van der Waals surface area contributed by atoms with Gasteiger partial charge in [-0.2, -0.15) is 0 Å². The number of carboxylic acid groups (broad SMARTS) is 1. The van der Waals surface area contributed by atoms with E-state index < -0.39 is 11.2 Å². The molecule has 1 unspecified atom stereocenters. The predicted molar refractivity (Wildman–Crippen MR) is 104 cm³/mol. The zero-order valence-electron chi connectivity index (χ0n) is 14.7. The average Bonchev–Trinajstić information content (AvgIpc) is 3.09. The van der Waals surface area contributed by atoms with Crippen LogP contribution in [-0.2, 0) is 4.79 Å². The van der Waals surface area contributed by atoms with Crippen molar-refractivity contribution in [2.75, 3.05) is 5.75 Å². The highest BCUT2D eigenvalue weighted by atomic mass is 32.2. The summed E-state index contributed by atoms with van der Waals surface area (Å²) in [6.45, 7) is 2.24. The zero-order chi connectivity index (χ0) is 17.6. The number of carboxylic acids is 1. The van der Waals surface area contributed by atoms with Crippen LogP contribution in [0.25, 0.3) is 0 Å². The molecule has 0 aliphatic heterocycles. The SMILES string of the molecule is CCCCCCCCCCCCSC(C(=O)O)C(=O)c1cccs1. The van der Waals surface area contributed by atoms with Gasteiger partial charge in [0.2, 0.25) is 0 Å². The van der Waals surface area contributed by atoms with Gasteiger partial charge in [0.25, 0.3) is 0 Å². The molecule has 0 aliphatic rings. The van der Waals surface area contributed by atoms with Crippen LogP contribution in [0.3, 0.4) is 0 Å². The Hall–Kier alpha value is -0.810. The van der Waals surface area contributed by atoms with Crippen LogP contribution in [0, 0.1) is 0 Å². The van der Waals surface area contributed by atoms with E-state index in [1.54, 1.807) is 17.5 Å². The van der Waals surface area contributed by atoms with E-state index in [1.165, 1.54) is 74.5 Å². The Bertz CT molecular complexity index is 457. The molecule has 0 fully saturated rings. The van der Waals surface area contributed by atoms with Crippen molar-refractivity contribution in [1.82, 2.24) is 0 Å². The Labute approximate surface area is 154 Å². The van der Waals surface area contributed by atoms with Gasteiger partial charge in [-0.1, -0.05) is 70.8 Å². The molecule has 0 amide bonds. The van der Waals surface area contributed by atoms with Crippen molar-refractivity contribution in [3.8, 4) is 0 Å². The van der Waals surface area contributed by atoms with Crippen LogP contribution < -0.4 is 0 Å². The van der Waals surface area contributed by atoms with E-state index in [0.29, 0.717) is 4.88 Å². The quantitative estimate of drug-likeness (QED) is 0.232. The van der Waals surface area contributed by atoms with Crippen LogP contribution in [-0.4, -0.2) is 27.9 Å². The summed E-state index contributed by atoms with van der Waals surface area (Å²) in [5.74, 6) is -0.551. The molecule has 0 spiro atoms. The molecule has 1 aromatic rings. The first-order valence-electron chi connectivity index (χ1n) is 9.09. The third-order valence-corrected chi connectivity index (χ3v) is 6.17. The molecule has 0 saturated heterocycles. The van der Waals surface area contributed by atoms with Crippen LogP contribution in [0.5, 0.6) is 0 Å². The van der Waals surface area contributed by atoms with Crippen molar-refractivity contribution >= 4 is 34.9 Å². The van der Waals surface area contributed by atoms with E-state index in [9.17, 15) is 14.7 Å². The van der Waals surface area contributed by atoms with Gasteiger partial charge in [-0.25, -0.2) is 0 Å². The first-order chi connectivity index (χ1) is 11.7. The fraction of sp³-hybridized carbons (Fsp3) is 0.684. The number of unbranched alkanes of at least 4 members (excludes halogenated alkanes) is 9. The molecule has 24 heavy (non-hydrogen) atoms. The smallest absolute Gasteiger partial charge is 0.324 e. The maximum atomic E-state index is 12.2. The minimum Gasteiger partial charge on any atom is -0.480 e. The van der Waals surface area contributed by atoms with E-state index in [-0.39, 0.29) is 5.78 Å². The standard InChI is InChI=1S/C19H30O3S2/c1-2-3-4-5-6-7-8-9-10-11-14-24-18(19(21)22)17(20)16-13-12-15-23-16/h12-13,15,18H,2-11,14H2,1H3,(H,21,22). The van der Waals surface area contributed by atoms with Crippen molar-refractivity contribution in [3.05, 3.63) is 22.4 Å². The molecule has 1 rings (SSSR count). The number of hydrogen-bond acceptors (Lipinski definition) is 4. The van der Waals surface area contributed by atoms with E-state index in [4.69, 9.17) is 0 Å². The molecule has 0 bridgehead atoms. The number of thioether (sulfide) groups is 1. The van der Waals surface area contributed by atoms with E-state index >= 15 is 0 Å². The van der Waals surface area contributed by atoms with E-state index in [0.717, 1.165) is 18.6 Å². The second kappa shape index (κ2) is 13.5. The van der Waals surface area contributed by atoms with Crippen LogP contribution in [0.1, 0.15) is 80.8 Å². The third kappa shape index (κ3) is 8.88. The normalized spacial score (nSPS) is 12.2. The second-order valence-corrected chi connectivity index (χ2v) is 8.27. The lowest BCUT2D eigenvalue weighted by atomic mass is 10.1. The van der Waals surface area contributed by atoms with Crippen LogP contribution in [0.2, 0.25) is 0 Å².